The molecular formula is C12H15N3O. The van der Waals surface area contributed by atoms with E-state index in [4.69, 9.17) is 5.26 Å². The molecule has 0 bridgehead atoms. The molecule has 84 valence electrons. The molecule has 0 radical (unpaired) electrons. The smallest absolute Gasteiger partial charge is 0.315 e. The Morgan fingerprint density at radius 2 is 2.00 bits per heavy atom. The lowest BCUT2D eigenvalue weighted by atomic mass is 10.1. The lowest BCUT2D eigenvalue weighted by Gasteiger charge is -2.06. The van der Waals surface area contributed by atoms with Gasteiger partial charge in [-0.15, -0.1) is 0 Å². The maximum Gasteiger partial charge on any atom is 0.315 e. The highest BCUT2D eigenvalue weighted by Crippen LogP contribution is 2.02. The van der Waals surface area contributed by atoms with E-state index in [1.165, 1.54) is 5.56 Å². The summed E-state index contributed by atoms with van der Waals surface area (Å²) in [4.78, 5) is 11.2. The highest BCUT2D eigenvalue weighted by Gasteiger charge is 1.98. The molecule has 0 atom stereocenters. The van der Waals surface area contributed by atoms with Gasteiger partial charge in [0.25, 0.3) is 0 Å². The van der Waals surface area contributed by atoms with Crippen LogP contribution in [0, 0.1) is 18.3 Å². The van der Waals surface area contributed by atoms with E-state index in [2.05, 4.69) is 10.6 Å². The Kier molecular flexibility index (Phi) is 4.87. The second kappa shape index (κ2) is 6.46. The number of hydrogen-bond donors (Lipinski definition) is 2. The minimum atomic E-state index is -0.240. The first-order valence-electron chi connectivity index (χ1n) is 5.16. The number of carbonyl (C=O) groups is 1. The van der Waals surface area contributed by atoms with Crippen molar-refractivity contribution < 1.29 is 4.79 Å². The molecule has 0 spiro atoms. The zero-order valence-electron chi connectivity index (χ0n) is 9.29. The van der Waals surface area contributed by atoms with Crippen molar-refractivity contribution in [1.82, 2.24) is 10.6 Å². The maximum absolute atomic E-state index is 11.2. The van der Waals surface area contributed by atoms with Crippen molar-refractivity contribution in [1.29, 1.82) is 5.26 Å². The van der Waals surface area contributed by atoms with Crippen LogP contribution in [0.4, 0.5) is 4.79 Å². The molecule has 0 saturated heterocycles. The molecular weight excluding hydrogens is 202 g/mol. The summed E-state index contributed by atoms with van der Waals surface area (Å²) >= 11 is 0. The summed E-state index contributed by atoms with van der Waals surface area (Å²) in [7, 11) is 0. The van der Waals surface area contributed by atoms with Crippen LogP contribution >= 0.6 is 0 Å². The van der Waals surface area contributed by atoms with Crippen LogP contribution in [-0.4, -0.2) is 12.6 Å². The van der Waals surface area contributed by atoms with Gasteiger partial charge in [0.15, 0.2) is 0 Å². The highest BCUT2D eigenvalue weighted by atomic mass is 16.2. The average Bonchev–Trinajstić information content (AvgIpc) is 2.29. The van der Waals surface area contributed by atoms with Gasteiger partial charge in [0.1, 0.15) is 0 Å². The van der Waals surface area contributed by atoms with Crippen molar-refractivity contribution in [2.24, 2.45) is 0 Å². The van der Waals surface area contributed by atoms with Gasteiger partial charge in [-0.1, -0.05) is 29.8 Å². The summed E-state index contributed by atoms with van der Waals surface area (Å²) < 4.78 is 0. The van der Waals surface area contributed by atoms with Crippen LogP contribution < -0.4 is 10.6 Å². The van der Waals surface area contributed by atoms with E-state index < -0.39 is 0 Å². The summed E-state index contributed by atoms with van der Waals surface area (Å²) in [5.74, 6) is 0. The number of benzene rings is 1. The molecule has 4 nitrogen and oxygen atoms in total. The molecule has 1 aromatic carbocycles. The van der Waals surface area contributed by atoms with Crippen LogP contribution in [0.1, 0.15) is 17.5 Å². The number of hydrogen-bond acceptors (Lipinski definition) is 2. The summed E-state index contributed by atoms with van der Waals surface area (Å²) in [5.41, 5.74) is 2.25. The van der Waals surface area contributed by atoms with E-state index in [0.717, 1.165) is 5.56 Å². The van der Waals surface area contributed by atoms with Gasteiger partial charge in [-0.05, 0) is 12.5 Å². The molecule has 0 heterocycles. The Labute approximate surface area is 95.3 Å². The summed E-state index contributed by atoms with van der Waals surface area (Å²) in [5, 5.41) is 13.6. The third kappa shape index (κ3) is 4.47. The minimum absolute atomic E-state index is 0.240. The lowest BCUT2D eigenvalue weighted by molar-refractivity contribution is 0.240. The number of aryl methyl sites for hydroxylation is 1. The molecule has 0 saturated carbocycles. The molecule has 0 aliphatic heterocycles. The van der Waals surface area contributed by atoms with Crippen molar-refractivity contribution in [2.75, 3.05) is 6.54 Å². The first-order chi connectivity index (χ1) is 7.72. The predicted molar refractivity (Wildman–Crippen MR) is 61.6 cm³/mol. The van der Waals surface area contributed by atoms with Crippen LogP contribution in [0.5, 0.6) is 0 Å². The Bertz CT molecular complexity index is 378. The lowest BCUT2D eigenvalue weighted by Crippen LogP contribution is -2.35. The highest BCUT2D eigenvalue weighted by molar-refractivity contribution is 5.73. The van der Waals surface area contributed by atoms with Gasteiger partial charge in [0.05, 0.1) is 12.5 Å². The van der Waals surface area contributed by atoms with Crippen LogP contribution in [0.25, 0.3) is 0 Å². The fraction of sp³-hybridized carbons (Fsp3) is 0.333. The van der Waals surface area contributed by atoms with Gasteiger partial charge in [-0.25, -0.2) is 4.79 Å². The van der Waals surface area contributed by atoms with Crippen molar-refractivity contribution in [2.45, 2.75) is 19.9 Å². The summed E-state index contributed by atoms with van der Waals surface area (Å²) in [6.45, 7) is 2.90. The van der Waals surface area contributed by atoms with Crippen LogP contribution in [0.3, 0.4) is 0 Å². The SMILES string of the molecule is Cc1ccc(CNC(=O)NCCC#N)cc1. The molecule has 2 amide bonds. The van der Waals surface area contributed by atoms with Crippen LogP contribution in [-0.2, 0) is 6.54 Å². The maximum atomic E-state index is 11.2. The number of urea groups is 1. The van der Waals surface area contributed by atoms with E-state index in [1.807, 2.05) is 37.3 Å². The number of nitrogens with zero attached hydrogens (tertiary/aromatic N) is 1. The first kappa shape index (κ1) is 12.1. The van der Waals surface area contributed by atoms with E-state index in [0.29, 0.717) is 19.5 Å². The Balaban J connectivity index is 2.26. The third-order valence-electron chi connectivity index (χ3n) is 2.10. The zero-order chi connectivity index (χ0) is 11.8. The number of amides is 2. The second-order valence-electron chi connectivity index (χ2n) is 3.50. The van der Waals surface area contributed by atoms with E-state index in [-0.39, 0.29) is 6.03 Å². The van der Waals surface area contributed by atoms with E-state index in [9.17, 15) is 4.79 Å². The van der Waals surface area contributed by atoms with Crippen molar-refractivity contribution in [3.05, 3.63) is 35.4 Å². The van der Waals surface area contributed by atoms with Gasteiger partial charge in [0, 0.05) is 13.1 Å². The Morgan fingerprint density at radius 3 is 2.62 bits per heavy atom. The average molecular weight is 217 g/mol. The Morgan fingerprint density at radius 1 is 1.31 bits per heavy atom. The molecule has 2 N–H and O–H groups in total. The molecule has 1 aromatic rings. The predicted octanol–water partition coefficient (Wildman–Crippen LogP) is 1.71. The van der Waals surface area contributed by atoms with Gasteiger partial charge < -0.3 is 10.6 Å². The normalized spacial score (nSPS) is 9.25. The third-order valence-corrected chi connectivity index (χ3v) is 2.10. The van der Waals surface area contributed by atoms with Crippen molar-refractivity contribution >= 4 is 6.03 Å². The molecule has 4 heteroatoms. The van der Waals surface area contributed by atoms with Crippen molar-refractivity contribution in [3.8, 4) is 6.07 Å². The second-order valence-corrected chi connectivity index (χ2v) is 3.50. The first-order valence-corrected chi connectivity index (χ1v) is 5.16. The molecule has 0 aliphatic carbocycles. The molecule has 16 heavy (non-hydrogen) atoms. The van der Waals surface area contributed by atoms with Crippen molar-refractivity contribution in [3.63, 3.8) is 0 Å². The number of nitriles is 1. The molecule has 1 rings (SSSR count). The molecule has 0 unspecified atom stereocenters. The van der Waals surface area contributed by atoms with Gasteiger partial charge in [-0.3, -0.25) is 0 Å². The topological polar surface area (TPSA) is 64.9 Å². The fourth-order valence-corrected chi connectivity index (χ4v) is 1.18. The van der Waals surface area contributed by atoms with Gasteiger partial charge in [-0.2, -0.15) is 5.26 Å². The molecule has 0 aromatic heterocycles. The molecule has 0 aliphatic rings. The van der Waals surface area contributed by atoms with E-state index in [1.54, 1.807) is 0 Å². The zero-order valence-corrected chi connectivity index (χ0v) is 9.29. The summed E-state index contributed by atoms with van der Waals surface area (Å²) in [6, 6.07) is 9.68. The number of nitrogens with one attached hydrogen (secondary N) is 2. The fourth-order valence-electron chi connectivity index (χ4n) is 1.18. The quantitative estimate of drug-likeness (QED) is 0.754. The largest absolute Gasteiger partial charge is 0.337 e. The monoisotopic (exact) mass is 217 g/mol. The number of carbonyl (C=O) groups excluding carboxylic acids is 1. The van der Waals surface area contributed by atoms with E-state index >= 15 is 0 Å². The minimum Gasteiger partial charge on any atom is -0.337 e. The summed E-state index contributed by atoms with van der Waals surface area (Å²) in [6.07, 6.45) is 0.331. The molecule has 0 fully saturated rings. The van der Waals surface area contributed by atoms with Crippen LogP contribution in [0.2, 0.25) is 0 Å². The Hall–Kier alpha value is -2.02. The van der Waals surface area contributed by atoms with Gasteiger partial charge >= 0.3 is 6.03 Å². The van der Waals surface area contributed by atoms with Gasteiger partial charge in [0.2, 0.25) is 0 Å². The number of rotatable bonds is 4. The van der Waals surface area contributed by atoms with Crippen LogP contribution in [0.15, 0.2) is 24.3 Å². The standard InChI is InChI=1S/C12H15N3O/c1-10-3-5-11(6-4-10)9-15-12(16)14-8-2-7-13/h3-6H,2,8-9H2,1H3,(H2,14,15,16).